The Labute approximate surface area is 118 Å². The topological polar surface area (TPSA) is 41.7 Å². The SMILES string of the molecule is O=c1[nH][n+](-c2ccccc2)cn1-c1ccc(Br)cc1. The molecule has 1 heterocycles. The van der Waals surface area contributed by atoms with Crippen LogP contribution in [0.15, 0.2) is 70.2 Å². The quantitative estimate of drug-likeness (QED) is 0.724. The number of nitrogens with one attached hydrogen (secondary N) is 1. The molecule has 0 aliphatic carbocycles. The molecule has 3 rings (SSSR count). The molecule has 0 radical (unpaired) electrons. The van der Waals surface area contributed by atoms with Gasteiger partial charge in [0.05, 0.1) is 0 Å². The lowest BCUT2D eigenvalue weighted by Crippen LogP contribution is -2.33. The maximum Gasteiger partial charge on any atom is 0.449 e. The van der Waals surface area contributed by atoms with E-state index in [-0.39, 0.29) is 5.69 Å². The Hall–Kier alpha value is -2.14. The molecule has 3 aromatic rings. The molecule has 19 heavy (non-hydrogen) atoms. The smallest absolute Gasteiger partial charge is 0.216 e. The maximum absolute atomic E-state index is 12.0. The Morgan fingerprint density at radius 2 is 1.68 bits per heavy atom. The van der Waals surface area contributed by atoms with E-state index in [1.807, 2.05) is 54.6 Å². The second-order valence-electron chi connectivity index (χ2n) is 4.08. The van der Waals surface area contributed by atoms with E-state index in [2.05, 4.69) is 21.0 Å². The molecule has 2 aromatic carbocycles. The third kappa shape index (κ3) is 2.37. The molecule has 0 atom stereocenters. The van der Waals surface area contributed by atoms with Crippen molar-refractivity contribution in [3.63, 3.8) is 0 Å². The van der Waals surface area contributed by atoms with E-state index < -0.39 is 0 Å². The van der Waals surface area contributed by atoms with Crippen LogP contribution in [0.25, 0.3) is 11.4 Å². The van der Waals surface area contributed by atoms with Crippen LogP contribution in [0.3, 0.4) is 0 Å². The predicted octanol–water partition coefficient (Wildman–Crippen LogP) is 2.20. The fraction of sp³-hybridized carbons (Fsp3) is 0. The van der Waals surface area contributed by atoms with E-state index in [9.17, 15) is 4.79 Å². The average Bonchev–Trinajstić information content (AvgIpc) is 2.83. The van der Waals surface area contributed by atoms with Crippen molar-refractivity contribution in [2.24, 2.45) is 0 Å². The number of aromatic amines is 1. The van der Waals surface area contributed by atoms with E-state index in [0.29, 0.717) is 0 Å². The van der Waals surface area contributed by atoms with Crippen molar-refractivity contribution in [3.05, 3.63) is 75.9 Å². The number of para-hydroxylation sites is 1. The van der Waals surface area contributed by atoms with Crippen molar-refractivity contribution in [2.75, 3.05) is 0 Å². The summed E-state index contributed by atoms with van der Waals surface area (Å²) in [7, 11) is 0. The maximum atomic E-state index is 12.0. The predicted molar refractivity (Wildman–Crippen MR) is 75.6 cm³/mol. The largest absolute Gasteiger partial charge is 0.449 e. The van der Waals surface area contributed by atoms with Crippen LogP contribution in [-0.4, -0.2) is 9.67 Å². The van der Waals surface area contributed by atoms with Gasteiger partial charge in [0.1, 0.15) is 5.69 Å². The van der Waals surface area contributed by atoms with Gasteiger partial charge >= 0.3 is 5.69 Å². The van der Waals surface area contributed by atoms with E-state index in [4.69, 9.17) is 0 Å². The van der Waals surface area contributed by atoms with E-state index in [1.54, 1.807) is 15.6 Å². The molecule has 0 aliphatic heterocycles. The minimum Gasteiger partial charge on any atom is -0.216 e. The highest BCUT2D eigenvalue weighted by Crippen LogP contribution is 2.12. The van der Waals surface area contributed by atoms with Crippen molar-refractivity contribution < 1.29 is 4.68 Å². The average molecular weight is 317 g/mol. The summed E-state index contributed by atoms with van der Waals surface area (Å²) in [5.41, 5.74) is 1.56. The summed E-state index contributed by atoms with van der Waals surface area (Å²) in [4.78, 5) is 12.0. The molecule has 0 fully saturated rings. The molecule has 0 amide bonds. The number of benzene rings is 2. The second kappa shape index (κ2) is 4.85. The number of hydrogen-bond acceptors (Lipinski definition) is 1. The van der Waals surface area contributed by atoms with Gasteiger partial charge < -0.3 is 0 Å². The molecule has 0 spiro atoms. The first-order valence-electron chi connectivity index (χ1n) is 5.79. The first-order valence-corrected chi connectivity index (χ1v) is 6.58. The van der Waals surface area contributed by atoms with Crippen LogP contribution >= 0.6 is 15.9 Å². The number of aromatic nitrogens is 3. The lowest BCUT2D eigenvalue weighted by molar-refractivity contribution is -0.658. The number of hydrogen-bond donors (Lipinski definition) is 1. The van der Waals surface area contributed by atoms with Gasteiger partial charge in [-0.1, -0.05) is 34.1 Å². The molecule has 0 unspecified atom stereocenters. The van der Waals surface area contributed by atoms with Crippen LogP contribution in [0.2, 0.25) is 0 Å². The van der Waals surface area contributed by atoms with Crippen molar-refractivity contribution in [2.45, 2.75) is 0 Å². The van der Waals surface area contributed by atoms with Gasteiger partial charge in [-0.3, -0.25) is 0 Å². The zero-order valence-electron chi connectivity index (χ0n) is 9.95. The Kier molecular flexibility index (Phi) is 3.05. The first kappa shape index (κ1) is 11.9. The number of rotatable bonds is 2. The fourth-order valence-electron chi connectivity index (χ4n) is 1.86. The highest BCUT2D eigenvalue weighted by molar-refractivity contribution is 9.10. The molecule has 0 aliphatic rings. The molecule has 0 bridgehead atoms. The molecule has 4 nitrogen and oxygen atoms in total. The van der Waals surface area contributed by atoms with Gasteiger partial charge in [-0.05, 0) is 36.4 Å². The molecule has 0 saturated carbocycles. The van der Waals surface area contributed by atoms with Crippen LogP contribution in [0, 0.1) is 0 Å². The fourth-order valence-corrected chi connectivity index (χ4v) is 2.12. The normalized spacial score (nSPS) is 10.6. The molecular weight excluding hydrogens is 306 g/mol. The summed E-state index contributed by atoms with van der Waals surface area (Å²) < 4.78 is 4.25. The summed E-state index contributed by atoms with van der Waals surface area (Å²) in [5, 5.41) is 2.79. The van der Waals surface area contributed by atoms with Crippen LogP contribution in [0.5, 0.6) is 0 Å². The Bertz CT molecular complexity index is 744. The number of halogens is 1. The minimum absolute atomic E-state index is 0.175. The molecule has 94 valence electrons. The third-order valence-corrected chi connectivity index (χ3v) is 3.33. The summed E-state index contributed by atoms with van der Waals surface area (Å²) >= 11 is 3.38. The number of nitrogens with zero attached hydrogens (tertiary/aromatic N) is 2. The third-order valence-electron chi connectivity index (χ3n) is 2.80. The van der Waals surface area contributed by atoms with E-state index in [1.165, 1.54) is 0 Å². The molecule has 0 saturated heterocycles. The van der Waals surface area contributed by atoms with Crippen LogP contribution in [0.4, 0.5) is 0 Å². The monoisotopic (exact) mass is 316 g/mol. The van der Waals surface area contributed by atoms with Crippen molar-refractivity contribution >= 4 is 15.9 Å². The lowest BCUT2D eigenvalue weighted by Gasteiger charge is -1.94. The van der Waals surface area contributed by atoms with Gasteiger partial charge in [-0.2, -0.15) is 0 Å². The summed E-state index contributed by atoms with van der Waals surface area (Å²) in [6.45, 7) is 0. The zero-order valence-corrected chi connectivity index (χ0v) is 11.5. The van der Waals surface area contributed by atoms with Gasteiger partial charge in [0.15, 0.2) is 5.69 Å². The van der Waals surface area contributed by atoms with Gasteiger partial charge in [0.2, 0.25) is 0 Å². The zero-order chi connectivity index (χ0) is 13.2. The first-order chi connectivity index (χ1) is 9.24. The van der Waals surface area contributed by atoms with Gasteiger partial charge in [0.25, 0.3) is 6.33 Å². The summed E-state index contributed by atoms with van der Waals surface area (Å²) in [6, 6.07) is 17.2. The summed E-state index contributed by atoms with van der Waals surface area (Å²) in [6.07, 6.45) is 1.74. The standard InChI is InChI=1S/C14H10BrN3O/c15-11-6-8-12(9-7-11)17-10-18(16-14(17)19)13-4-2-1-3-5-13/h1-10H/p+1. The highest BCUT2D eigenvalue weighted by Gasteiger charge is 2.13. The van der Waals surface area contributed by atoms with Crippen LogP contribution < -0.4 is 10.4 Å². The van der Waals surface area contributed by atoms with Gasteiger partial charge in [0, 0.05) is 4.47 Å². The molecule has 1 aromatic heterocycles. The lowest BCUT2D eigenvalue weighted by atomic mass is 10.3. The van der Waals surface area contributed by atoms with E-state index >= 15 is 0 Å². The van der Waals surface area contributed by atoms with E-state index in [0.717, 1.165) is 15.8 Å². The molecule has 1 N–H and O–H groups in total. The van der Waals surface area contributed by atoms with Crippen LogP contribution in [0.1, 0.15) is 0 Å². The molecule has 5 heteroatoms. The van der Waals surface area contributed by atoms with Crippen molar-refractivity contribution in [1.29, 1.82) is 0 Å². The Morgan fingerprint density at radius 1 is 1.00 bits per heavy atom. The Balaban J connectivity index is 2.08. The van der Waals surface area contributed by atoms with Gasteiger partial charge in [-0.25, -0.2) is 4.79 Å². The van der Waals surface area contributed by atoms with Crippen molar-refractivity contribution in [1.82, 2.24) is 9.67 Å². The molecular formula is C14H11BrN3O+. The second-order valence-corrected chi connectivity index (χ2v) is 5.00. The number of H-pyrrole nitrogens is 1. The Morgan fingerprint density at radius 3 is 2.37 bits per heavy atom. The minimum atomic E-state index is -0.175. The van der Waals surface area contributed by atoms with Crippen molar-refractivity contribution in [3.8, 4) is 11.4 Å². The summed E-state index contributed by atoms with van der Waals surface area (Å²) in [5.74, 6) is 0. The highest BCUT2D eigenvalue weighted by atomic mass is 79.9. The van der Waals surface area contributed by atoms with Crippen LogP contribution in [-0.2, 0) is 0 Å². The van der Waals surface area contributed by atoms with Gasteiger partial charge in [-0.15, -0.1) is 14.3 Å².